The van der Waals surface area contributed by atoms with E-state index in [9.17, 15) is 17.6 Å². The first-order valence-corrected chi connectivity index (χ1v) is 10.1. The Hall–Kier alpha value is -3.08. The van der Waals surface area contributed by atoms with E-state index < -0.39 is 28.4 Å². The molecule has 152 valence electrons. The number of nitrogens with one attached hydrogen (secondary N) is 1. The number of halogens is 1. The molecule has 0 aliphatic heterocycles. The van der Waals surface area contributed by atoms with Gasteiger partial charge in [-0.2, -0.15) is 5.10 Å². The molecule has 0 aliphatic carbocycles. The fraction of sp³-hybridized carbons (Fsp3) is 0.158. The maximum atomic E-state index is 12.9. The van der Waals surface area contributed by atoms with Crippen LogP contribution in [0, 0.1) is 5.82 Å². The van der Waals surface area contributed by atoms with E-state index in [1.54, 1.807) is 24.1 Å². The Balaban J connectivity index is 1.51. The third kappa shape index (κ3) is 5.47. The number of carbonyl (C=O) groups excluding carboxylic acids is 1. The summed E-state index contributed by atoms with van der Waals surface area (Å²) in [5.41, 5.74) is 1.70. The van der Waals surface area contributed by atoms with E-state index in [2.05, 4.69) is 5.10 Å². The molecule has 0 bridgehead atoms. The molecule has 0 aliphatic rings. The summed E-state index contributed by atoms with van der Waals surface area (Å²) in [6.07, 6.45) is 3.45. The minimum Gasteiger partial charge on any atom is -0.339 e. The predicted octanol–water partition coefficient (Wildman–Crippen LogP) is 1.88. The van der Waals surface area contributed by atoms with Crippen LogP contribution in [-0.4, -0.2) is 42.7 Å². The minimum atomic E-state index is -4.01. The Bertz CT molecular complexity index is 1070. The second-order valence-corrected chi connectivity index (χ2v) is 7.85. The standard InChI is InChI=1S/C19H19FN4O4S/c1-23(12-15-11-21-24(13-15)17-5-3-2-4-6-17)19(25)14-28-22-29(26,27)18-9-7-16(20)8-10-18/h2-11,13,22H,12,14H2,1H3. The third-order valence-electron chi connectivity index (χ3n) is 3.99. The van der Waals surface area contributed by atoms with Gasteiger partial charge in [-0.15, -0.1) is 0 Å². The van der Waals surface area contributed by atoms with Crippen molar-refractivity contribution in [3.8, 4) is 5.69 Å². The van der Waals surface area contributed by atoms with Gasteiger partial charge in [0.15, 0.2) is 0 Å². The lowest BCUT2D eigenvalue weighted by molar-refractivity contribution is -0.136. The molecule has 8 nitrogen and oxygen atoms in total. The van der Waals surface area contributed by atoms with Crippen molar-refractivity contribution in [1.82, 2.24) is 19.6 Å². The lowest BCUT2D eigenvalue weighted by atomic mass is 10.3. The predicted molar refractivity (Wildman–Crippen MR) is 103 cm³/mol. The molecule has 0 saturated heterocycles. The van der Waals surface area contributed by atoms with Gasteiger partial charge in [0.1, 0.15) is 12.4 Å². The smallest absolute Gasteiger partial charge is 0.262 e. The maximum Gasteiger partial charge on any atom is 0.262 e. The van der Waals surface area contributed by atoms with Gasteiger partial charge in [0.2, 0.25) is 0 Å². The van der Waals surface area contributed by atoms with Gasteiger partial charge in [-0.05, 0) is 36.4 Å². The average molecular weight is 418 g/mol. The molecule has 1 heterocycles. The van der Waals surface area contributed by atoms with Gasteiger partial charge in [-0.25, -0.2) is 17.5 Å². The van der Waals surface area contributed by atoms with E-state index in [1.807, 2.05) is 35.2 Å². The number of carbonyl (C=O) groups is 1. The SMILES string of the molecule is CN(Cc1cnn(-c2ccccc2)c1)C(=O)CONS(=O)(=O)c1ccc(F)cc1. The van der Waals surface area contributed by atoms with Crippen LogP contribution in [-0.2, 0) is 26.2 Å². The number of sulfonamides is 1. The van der Waals surface area contributed by atoms with Crippen LogP contribution in [0.25, 0.3) is 5.69 Å². The molecular formula is C19H19FN4O4S. The largest absolute Gasteiger partial charge is 0.339 e. The average Bonchev–Trinajstić information content (AvgIpc) is 3.17. The van der Waals surface area contributed by atoms with E-state index in [4.69, 9.17) is 4.84 Å². The zero-order valence-corrected chi connectivity index (χ0v) is 16.3. The van der Waals surface area contributed by atoms with Gasteiger partial charge >= 0.3 is 0 Å². The van der Waals surface area contributed by atoms with E-state index in [1.165, 1.54) is 4.90 Å². The summed E-state index contributed by atoms with van der Waals surface area (Å²) in [5, 5.41) is 4.26. The molecule has 0 fully saturated rings. The van der Waals surface area contributed by atoms with Crippen molar-refractivity contribution < 1.29 is 22.4 Å². The number of nitrogens with zero attached hydrogens (tertiary/aromatic N) is 3. The summed E-state index contributed by atoms with van der Waals surface area (Å²) in [6, 6.07) is 13.8. The fourth-order valence-electron chi connectivity index (χ4n) is 2.47. The van der Waals surface area contributed by atoms with Crippen LogP contribution in [0.5, 0.6) is 0 Å². The zero-order valence-electron chi connectivity index (χ0n) is 15.5. The highest BCUT2D eigenvalue weighted by Gasteiger charge is 2.16. The Labute approximate surface area is 167 Å². The van der Waals surface area contributed by atoms with E-state index >= 15 is 0 Å². The lowest BCUT2D eigenvalue weighted by Gasteiger charge is -2.16. The van der Waals surface area contributed by atoms with Crippen molar-refractivity contribution in [2.45, 2.75) is 11.4 Å². The van der Waals surface area contributed by atoms with Crippen molar-refractivity contribution in [3.05, 3.63) is 78.4 Å². The molecule has 3 rings (SSSR count). The highest BCUT2D eigenvalue weighted by molar-refractivity contribution is 7.89. The van der Waals surface area contributed by atoms with Crippen LogP contribution in [0.15, 0.2) is 71.9 Å². The number of benzene rings is 2. The van der Waals surface area contributed by atoms with E-state index in [0.29, 0.717) is 0 Å². The van der Waals surface area contributed by atoms with Crippen molar-refractivity contribution in [1.29, 1.82) is 0 Å². The van der Waals surface area contributed by atoms with Gasteiger partial charge in [-0.3, -0.25) is 9.63 Å². The number of hydrogen-bond acceptors (Lipinski definition) is 5. The highest BCUT2D eigenvalue weighted by atomic mass is 32.2. The molecule has 0 atom stereocenters. The molecule has 0 unspecified atom stereocenters. The van der Waals surface area contributed by atoms with Crippen LogP contribution < -0.4 is 4.89 Å². The number of hydrogen-bond donors (Lipinski definition) is 1. The highest BCUT2D eigenvalue weighted by Crippen LogP contribution is 2.11. The summed E-state index contributed by atoms with van der Waals surface area (Å²) < 4.78 is 38.6. The quantitative estimate of drug-likeness (QED) is 0.564. The van der Waals surface area contributed by atoms with Crippen molar-refractivity contribution in [2.24, 2.45) is 0 Å². The molecule has 0 spiro atoms. The topological polar surface area (TPSA) is 93.5 Å². The van der Waals surface area contributed by atoms with Crippen LogP contribution in [0.4, 0.5) is 4.39 Å². The van der Waals surface area contributed by atoms with Gasteiger partial charge in [0.25, 0.3) is 15.9 Å². The number of rotatable bonds is 8. The molecule has 0 saturated carbocycles. The van der Waals surface area contributed by atoms with Crippen molar-refractivity contribution >= 4 is 15.9 Å². The Kier molecular flexibility index (Phi) is 6.37. The monoisotopic (exact) mass is 418 g/mol. The first kappa shape index (κ1) is 20.6. The fourth-order valence-corrected chi connectivity index (χ4v) is 3.27. The van der Waals surface area contributed by atoms with Gasteiger partial charge in [0, 0.05) is 25.4 Å². The summed E-state index contributed by atoms with van der Waals surface area (Å²) >= 11 is 0. The normalized spacial score (nSPS) is 11.4. The first-order chi connectivity index (χ1) is 13.8. The third-order valence-corrected chi connectivity index (χ3v) is 5.22. The van der Waals surface area contributed by atoms with Gasteiger partial charge < -0.3 is 4.90 Å². The number of aromatic nitrogens is 2. The van der Waals surface area contributed by atoms with Crippen LogP contribution in [0.2, 0.25) is 0 Å². The molecular weight excluding hydrogens is 399 g/mol. The number of amides is 1. The zero-order chi connectivity index (χ0) is 20.9. The number of likely N-dealkylation sites (N-methyl/N-ethyl adjacent to an activating group) is 1. The summed E-state index contributed by atoms with van der Waals surface area (Å²) in [7, 11) is -2.44. The minimum absolute atomic E-state index is 0.173. The Morgan fingerprint density at radius 2 is 1.86 bits per heavy atom. The molecule has 1 amide bonds. The maximum absolute atomic E-state index is 12.9. The molecule has 3 aromatic rings. The second kappa shape index (κ2) is 8.95. The Morgan fingerprint density at radius 1 is 1.17 bits per heavy atom. The van der Waals surface area contributed by atoms with Gasteiger partial charge in [0.05, 0.1) is 16.8 Å². The van der Waals surface area contributed by atoms with Gasteiger partial charge in [-0.1, -0.05) is 23.1 Å². The molecule has 29 heavy (non-hydrogen) atoms. The summed E-state index contributed by atoms with van der Waals surface area (Å²) in [4.78, 5) is 20.1. The van der Waals surface area contributed by atoms with Crippen LogP contribution in [0.3, 0.4) is 0 Å². The molecule has 1 aromatic heterocycles. The molecule has 10 heteroatoms. The first-order valence-electron chi connectivity index (χ1n) is 8.57. The van der Waals surface area contributed by atoms with Crippen LogP contribution in [0.1, 0.15) is 5.56 Å². The molecule has 1 N–H and O–H groups in total. The second-order valence-electron chi connectivity index (χ2n) is 6.21. The lowest BCUT2D eigenvalue weighted by Crippen LogP contribution is -2.34. The Morgan fingerprint density at radius 3 is 2.55 bits per heavy atom. The van der Waals surface area contributed by atoms with Crippen molar-refractivity contribution in [2.75, 3.05) is 13.7 Å². The van der Waals surface area contributed by atoms with Crippen molar-refractivity contribution in [3.63, 3.8) is 0 Å². The summed E-state index contributed by atoms with van der Waals surface area (Å²) in [5.74, 6) is -0.989. The number of para-hydroxylation sites is 1. The molecule has 0 radical (unpaired) electrons. The summed E-state index contributed by atoms with van der Waals surface area (Å²) in [6.45, 7) is -0.219. The van der Waals surface area contributed by atoms with E-state index in [0.717, 1.165) is 35.5 Å². The van der Waals surface area contributed by atoms with Crippen LogP contribution >= 0.6 is 0 Å². The molecule has 2 aromatic carbocycles. The van der Waals surface area contributed by atoms with E-state index in [-0.39, 0.29) is 11.4 Å².